The highest BCUT2D eigenvalue weighted by Crippen LogP contribution is 2.15. The van der Waals surface area contributed by atoms with Gasteiger partial charge < -0.3 is 9.47 Å². The van der Waals surface area contributed by atoms with Crippen LogP contribution >= 0.6 is 0 Å². The molecular formula is C14H19NO5S. The number of esters is 1. The molecule has 0 saturated heterocycles. The van der Waals surface area contributed by atoms with Crippen LogP contribution in [0.25, 0.3) is 0 Å². The highest BCUT2D eigenvalue weighted by molar-refractivity contribution is 7.89. The molecule has 0 aromatic heterocycles. The molecule has 1 N–H and O–H groups in total. The van der Waals surface area contributed by atoms with E-state index < -0.39 is 16.0 Å². The molecule has 0 fully saturated rings. The zero-order valence-electron chi connectivity index (χ0n) is 11.9. The Hall–Kier alpha value is -1.70. The van der Waals surface area contributed by atoms with Gasteiger partial charge in [-0.1, -0.05) is 18.2 Å². The van der Waals surface area contributed by atoms with Gasteiger partial charge in [0.15, 0.2) is 0 Å². The first-order chi connectivity index (χ1) is 10.0. The standard InChI is InChI=1S/C14H19NO5S/c1-3-4-10-20-11-9-15-21(17,18)13-8-6-5-7-12(13)14(16)19-2/h3,5-8,15H,1,4,9-11H2,2H3. The van der Waals surface area contributed by atoms with Crippen molar-refractivity contribution in [2.75, 3.05) is 26.9 Å². The van der Waals surface area contributed by atoms with Crippen molar-refractivity contribution < 1.29 is 22.7 Å². The Balaban J connectivity index is 2.70. The molecule has 6 nitrogen and oxygen atoms in total. The first-order valence-electron chi connectivity index (χ1n) is 6.38. The topological polar surface area (TPSA) is 81.7 Å². The second-order valence-electron chi connectivity index (χ2n) is 4.08. The molecule has 0 aliphatic heterocycles. The number of rotatable bonds is 9. The SMILES string of the molecule is C=CCCOCCNS(=O)(=O)c1ccccc1C(=O)OC. The van der Waals surface area contributed by atoms with E-state index in [1.807, 2.05) is 0 Å². The number of hydrogen-bond donors (Lipinski definition) is 1. The average molecular weight is 313 g/mol. The molecule has 0 unspecified atom stereocenters. The lowest BCUT2D eigenvalue weighted by Gasteiger charge is -2.10. The lowest BCUT2D eigenvalue weighted by molar-refractivity contribution is 0.0596. The third kappa shape index (κ3) is 5.30. The molecule has 21 heavy (non-hydrogen) atoms. The summed E-state index contributed by atoms with van der Waals surface area (Å²) in [6.07, 6.45) is 2.43. The van der Waals surface area contributed by atoms with Crippen molar-refractivity contribution in [2.45, 2.75) is 11.3 Å². The first-order valence-corrected chi connectivity index (χ1v) is 7.87. The highest BCUT2D eigenvalue weighted by atomic mass is 32.2. The summed E-state index contributed by atoms with van der Waals surface area (Å²) in [6, 6.07) is 5.87. The quantitative estimate of drug-likeness (QED) is 0.423. The van der Waals surface area contributed by atoms with Gasteiger partial charge in [0.2, 0.25) is 10.0 Å². The first kappa shape index (κ1) is 17.4. The molecule has 1 rings (SSSR count). The smallest absolute Gasteiger partial charge is 0.339 e. The van der Waals surface area contributed by atoms with Gasteiger partial charge in [-0.25, -0.2) is 17.9 Å². The molecule has 0 spiro atoms. The summed E-state index contributed by atoms with van der Waals surface area (Å²) in [5, 5.41) is 0. The average Bonchev–Trinajstić information content (AvgIpc) is 2.50. The maximum absolute atomic E-state index is 12.2. The zero-order chi connectivity index (χ0) is 15.7. The van der Waals surface area contributed by atoms with Gasteiger partial charge in [0.25, 0.3) is 0 Å². The molecule has 0 bridgehead atoms. The number of methoxy groups -OCH3 is 1. The van der Waals surface area contributed by atoms with E-state index in [0.717, 1.165) is 0 Å². The molecule has 0 aliphatic rings. The monoisotopic (exact) mass is 313 g/mol. The van der Waals surface area contributed by atoms with Crippen molar-refractivity contribution in [2.24, 2.45) is 0 Å². The van der Waals surface area contributed by atoms with Crippen molar-refractivity contribution in [1.82, 2.24) is 4.72 Å². The molecule has 1 aromatic rings. The number of carbonyl (C=O) groups is 1. The van der Waals surface area contributed by atoms with Gasteiger partial charge >= 0.3 is 5.97 Å². The lowest BCUT2D eigenvalue weighted by atomic mass is 10.2. The maximum atomic E-state index is 12.2. The predicted octanol–water partition coefficient (Wildman–Crippen LogP) is 1.34. The number of sulfonamides is 1. The minimum atomic E-state index is -3.79. The van der Waals surface area contributed by atoms with E-state index in [1.54, 1.807) is 18.2 Å². The van der Waals surface area contributed by atoms with Crippen molar-refractivity contribution >= 4 is 16.0 Å². The molecule has 0 saturated carbocycles. The van der Waals surface area contributed by atoms with Crippen LogP contribution in [0.4, 0.5) is 0 Å². The van der Waals surface area contributed by atoms with Crippen molar-refractivity contribution in [1.29, 1.82) is 0 Å². The zero-order valence-corrected chi connectivity index (χ0v) is 12.7. The summed E-state index contributed by atoms with van der Waals surface area (Å²) in [5.74, 6) is -0.696. The third-order valence-corrected chi connectivity index (χ3v) is 4.11. The molecule has 1 aromatic carbocycles. The Morgan fingerprint density at radius 3 is 2.71 bits per heavy atom. The van der Waals surface area contributed by atoms with Crippen LogP contribution in [-0.4, -0.2) is 41.3 Å². The van der Waals surface area contributed by atoms with Crippen LogP contribution in [0.1, 0.15) is 16.8 Å². The second kappa shape index (κ2) is 8.56. The van der Waals surface area contributed by atoms with Crippen molar-refractivity contribution in [3.05, 3.63) is 42.5 Å². The van der Waals surface area contributed by atoms with Crippen LogP contribution in [0.15, 0.2) is 41.8 Å². The van der Waals surface area contributed by atoms with Gasteiger partial charge in [-0.2, -0.15) is 0 Å². The van der Waals surface area contributed by atoms with Crippen molar-refractivity contribution in [3.63, 3.8) is 0 Å². The highest BCUT2D eigenvalue weighted by Gasteiger charge is 2.21. The molecule has 0 atom stereocenters. The number of benzene rings is 1. The molecular weight excluding hydrogens is 294 g/mol. The number of nitrogens with one attached hydrogen (secondary N) is 1. The van der Waals surface area contributed by atoms with Gasteiger partial charge in [0.1, 0.15) is 0 Å². The Morgan fingerprint density at radius 2 is 2.05 bits per heavy atom. The molecule has 7 heteroatoms. The summed E-state index contributed by atoms with van der Waals surface area (Å²) in [4.78, 5) is 11.5. The van der Waals surface area contributed by atoms with Crippen LogP contribution in [0, 0.1) is 0 Å². The summed E-state index contributed by atoms with van der Waals surface area (Å²) in [6.45, 7) is 4.41. The number of carbonyl (C=O) groups excluding carboxylic acids is 1. The Bertz CT molecular complexity index is 583. The molecule has 0 radical (unpaired) electrons. The molecule has 116 valence electrons. The molecule has 0 amide bonds. The largest absolute Gasteiger partial charge is 0.465 e. The minimum absolute atomic E-state index is 0.0000701. The Morgan fingerprint density at radius 1 is 1.33 bits per heavy atom. The normalized spacial score (nSPS) is 11.1. The van der Waals surface area contributed by atoms with Gasteiger partial charge in [0.05, 0.1) is 30.8 Å². The minimum Gasteiger partial charge on any atom is -0.465 e. The van der Waals surface area contributed by atoms with Crippen LogP contribution in [0.2, 0.25) is 0 Å². The van der Waals surface area contributed by atoms with Crippen LogP contribution in [-0.2, 0) is 19.5 Å². The Labute approximate surface area is 124 Å². The fraction of sp³-hybridized carbons (Fsp3) is 0.357. The lowest BCUT2D eigenvalue weighted by Crippen LogP contribution is -2.29. The van der Waals surface area contributed by atoms with E-state index in [2.05, 4.69) is 16.0 Å². The van der Waals surface area contributed by atoms with Crippen molar-refractivity contribution in [3.8, 4) is 0 Å². The summed E-state index contributed by atoms with van der Waals surface area (Å²) < 4.78 is 36.5. The van der Waals surface area contributed by atoms with Crippen LogP contribution in [0.3, 0.4) is 0 Å². The van der Waals surface area contributed by atoms with E-state index >= 15 is 0 Å². The summed E-state index contributed by atoms with van der Waals surface area (Å²) in [5.41, 5.74) is 0.0000701. The fourth-order valence-corrected chi connectivity index (χ4v) is 2.78. The van der Waals surface area contributed by atoms with Gasteiger partial charge in [0, 0.05) is 6.54 Å². The fourth-order valence-electron chi connectivity index (χ4n) is 1.57. The van der Waals surface area contributed by atoms with E-state index in [4.69, 9.17) is 4.74 Å². The van der Waals surface area contributed by atoms with E-state index in [0.29, 0.717) is 13.0 Å². The van der Waals surface area contributed by atoms with E-state index in [-0.39, 0.29) is 23.6 Å². The van der Waals surface area contributed by atoms with E-state index in [1.165, 1.54) is 19.2 Å². The number of ether oxygens (including phenoxy) is 2. The molecule has 0 aliphatic carbocycles. The summed E-state index contributed by atoms with van der Waals surface area (Å²) in [7, 11) is -2.59. The maximum Gasteiger partial charge on any atom is 0.339 e. The summed E-state index contributed by atoms with van der Waals surface area (Å²) >= 11 is 0. The number of hydrogen-bond acceptors (Lipinski definition) is 5. The Kier molecular flexibility index (Phi) is 7.07. The molecule has 0 heterocycles. The van der Waals surface area contributed by atoms with E-state index in [9.17, 15) is 13.2 Å². The van der Waals surface area contributed by atoms with Crippen LogP contribution < -0.4 is 4.72 Å². The third-order valence-electron chi connectivity index (χ3n) is 2.59. The van der Waals surface area contributed by atoms with Gasteiger partial charge in [-0.05, 0) is 18.6 Å². The van der Waals surface area contributed by atoms with Gasteiger partial charge in [-0.3, -0.25) is 0 Å². The van der Waals surface area contributed by atoms with Gasteiger partial charge in [-0.15, -0.1) is 6.58 Å². The predicted molar refractivity (Wildman–Crippen MR) is 78.6 cm³/mol. The second-order valence-corrected chi connectivity index (χ2v) is 5.81. The van der Waals surface area contributed by atoms with Crippen LogP contribution in [0.5, 0.6) is 0 Å².